The summed E-state index contributed by atoms with van der Waals surface area (Å²) < 4.78 is 0. The van der Waals surface area contributed by atoms with E-state index in [4.69, 9.17) is 0 Å². The Morgan fingerprint density at radius 2 is 2.00 bits per heavy atom. The SMILES string of the molecule is CCNC(=O)c1ccccc1N(C)C. The van der Waals surface area contributed by atoms with Crippen LogP contribution in [0.15, 0.2) is 24.3 Å². The second-order valence-corrected chi connectivity index (χ2v) is 3.27. The van der Waals surface area contributed by atoms with E-state index in [1.807, 2.05) is 50.2 Å². The van der Waals surface area contributed by atoms with E-state index in [9.17, 15) is 4.79 Å². The summed E-state index contributed by atoms with van der Waals surface area (Å²) in [4.78, 5) is 13.6. The predicted octanol–water partition coefficient (Wildman–Crippen LogP) is 1.50. The van der Waals surface area contributed by atoms with Crippen LogP contribution in [0.4, 0.5) is 5.69 Å². The second kappa shape index (κ2) is 4.65. The molecule has 0 aliphatic carbocycles. The van der Waals surface area contributed by atoms with E-state index in [-0.39, 0.29) is 5.91 Å². The Bertz CT molecular complexity index is 321. The van der Waals surface area contributed by atoms with Gasteiger partial charge in [-0.15, -0.1) is 0 Å². The number of anilines is 1. The van der Waals surface area contributed by atoms with Crippen LogP contribution >= 0.6 is 0 Å². The van der Waals surface area contributed by atoms with Gasteiger partial charge in [0, 0.05) is 26.3 Å². The lowest BCUT2D eigenvalue weighted by molar-refractivity contribution is 0.0956. The molecule has 0 saturated carbocycles. The zero-order valence-corrected chi connectivity index (χ0v) is 8.87. The number of amides is 1. The second-order valence-electron chi connectivity index (χ2n) is 3.27. The van der Waals surface area contributed by atoms with Crippen molar-refractivity contribution in [2.45, 2.75) is 6.92 Å². The van der Waals surface area contributed by atoms with Crippen LogP contribution in [0, 0.1) is 0 Å². The zero-order chi connectivity index (χ0) is 10.6. The maximum atomic E-state index is 11.6. The molecule has 0 atom stereocenters. The molecule has 0 bridgehead atoms. The van der Waals surface area contributed by atoms with Crippen LogP contribution in [0.3, 0.4) is 0 Å². The summed E-state index contributed by atoms with van der Waals surface area (Å²) >= 11 is 0. The van der Waals surface area contributed by atoms with Gasteiger partial charge in [0.1, 0.15) is 0 Å². The van der Waals surface area contributed by atoms with Gasteiger partial charge in [0.15, 0.2) is 0 Å². The van der Waals surface area contributed by atoms with E-state index in [1.54, 1.807) is 0 Å². The van der Waals surface area contributed by atoms with Gasteiger partial charge in [0.25, 0.3) is 5.91 Å². The van der Waals surface area contributed by atoms with E-state index in [0.717, 1.165) is 11.3 Å². The summed E-state index contributed by atoms with van der Waals surface area (Å²) in [6.07, 6.45) is 0. The first-order valence-electron chi connectivity index (χ1n) is 4.71. The first-order chi connectivity index (χ1) is 6.66. The molecule has 3 nitrogen and oxygen atoms in total. The lowest BCUT2D eigenvalue weighted by Crippen LogP contribution is -2.25. The van der Waals surface area contributed by atoms with Crippen molar-refractivity contribution >= 4 is 11.6 Å². The average Bonchev–Trinajstić information content (AvgIpc) is 2.18. The van der Waals surface area contributed by atoms with Crippen LogP contribution in [-0.2, 0) is 0 Å². The summed E-state index contributed by atoms with van der Waals surface area (Å²) in [5, 5.41) is 2.79. The number of hydrogen-bond acceptors (Lipinski definition) is 2. The summed E-state index contributed by atoms with van der Waals surface area (Å²) in [6.45, 7) is 2.57. The van der Waals surface area contributed by atoms with Gasteiger partial charge in [-0.25, -0.2) is 0 Å². The molecule has 14 heavy (non-hydrogen) atoms. The maximum Gasteiger partial charge on any atom is 0.253 e. The fourth-order valence-electron chi connectivity index (χ4n) is 1.31. The molecular weight excluding hydrogens is 176 g/mol. The molecule has 0 spiro atoms. The van der Waals surface area contributed by atoms with Gasteiger partial charge >= 0.3 is 0 Å². The predicted molar refractivity (Wildman–Crippen MR) is 58.8 cm³/mol. The number of carbonyl (C=O) groups excluding carboxylic acids is 1. The highest BCUT2D eigenvalue weighted by Gasteiger charge is 2.10. The molecule has 3 heteroatoms. The van der Waals surface area contributed by atoms with Crippen LogP contribution in [0.25, 0.3) is 0 Å². The van der Waals surface area contributed by atoms with Crippen molar-refractivity contribution in [3.8, 4) is 0 Å². The molecule has 0 fully saturated rings. The molecule has 1 aromatic carbocycles. The maximum absolute atomic E-state index is 11.6. The van der Waals surface area contributed by atoms with E-state index in [1.165, 1.54) is 0 Å². The van der Waals surface area contributed by atoms with Crippen molar-refractivity contribution in [2.24, 2.45) is 0 Å². The third-order valence-corrected chi connectivity index (χ3v) is 1.97. The lowest BCUT2D eigenvalue weighted by Gasteiger charge is -2.16. The Morgan fingerprint density at radius 1 is 1.36 bits per heavy atom. The zero-order valence-electron chi connectivity index (χ0n) is 8.87. The van der Waals surface area contributed by atoms with Gasteiger partial charge in [-0.3, -0.25) is 4.79 Å². The van der Waals surface area contributed by atoms with E-state index < -0.39 is 0 Å². The van der Waals surface area contributed by atoms with Crippen LogP contribution < -0.4 is 10.2 Å². The van der Waals surface area contributed by atoms with Gasteiger partial charge < -0.3 is 10.2 Å². The highest BCUT2D eigenvalue weighted by Crippen LogP contribution is 2.17. The average molecular weight is 192 g/mol. The molecule has 0 heterocycles. The van der Waals surface area contributed by atoms with Crippen LogP contribution in [-0.4, -0.2) is 26.5 Å². The summed E-state index contributed by atoms with van der Waals surface area (Å²) in [7, 11) is 3.86. The van der Waals surface area contributed by atoms with E-state index in [2.05, 4.69) is 5.32 Å². The largest absolute Gasteiger partial charge is 0.377 e. The van der Waals surface area contributed by atoms with E-state index >= 15 is 0 Å². The van der Waals surface area contributed by atoms with Crippen molar-refractivity contribution in [2.75, 3.05) is 25.5 Å². The smallest absolute Gasteiger partial charge is 0.253 e. The number of para-hydroxylation sites is 1. The lowest BCUT2D eigenvalue weighted by atomic mass is 10.1. The first-order valence-corrected chi connectivity index (χ1v) is 4.71. The normalized spacial score (nSPS) is 9.64. The number of benzene rings is 1. The van der Waals surface area contributed by atoms with Gasteiger partial charge in [-0.2, -0.15) is 0 Å². The molecule has 0 aliphatic heterocycles. The molecule has 1 rings (SSSR count). The molecule has 1 N–H and O–H groups in total. The van der Waals surface area contributed by atoms with Crippen molar-refractivity contribution in [3.63, 3.8) is 0 Å². The Hall–Kier alpha value is -1.51. The Balaban J connectivity index is 3.00. The highest BCUT2D eigenvalue weighted by molar-refractivity contribution is 5.99. The molecule has 1 aromatic rings. The Labute approximate surface area is 84.7 Å². The van der Waals surface area contributed by atoms with Gasteiger partial charge in [-0.05, 0) is 19.1 Å². The van der Waals surface area contributed by atoms with Crippen molar-refractivity contribution in [1.29, 1.82) is 0 Å². The molecule has 76 valence electrons. The van der Waals surface area contributed by atoms with Crippen molar-refractivity contribution in [3.05, 3.63) is 29.8 Å². The van der Waals surface area contributed by atoms with E-state index in [0.29, 0.717) is 6.54 Å². The first kappa shape index (κ1) is 10.6. The Kier molecular flexibility index (Phi) is 3.51. The van der Waals surface area contributed by atoms with Gasteiger partial charge in [-0.1, -0.05) is 12.1 Å². The molecule has 0 saturated heterocycles. The molecule has 0 radical (unpaired) electrons. The minimum atomic E-state index is -0.0169. The van der Waals surface area contributed by atoms with Crippen molar-refractivity contribution < 1.29 is 4.79 Å². The molecule has 0 unspecified atom stereocenters. The van der Waals surface area contributed by atoms with Crippen LogP contribution in [0.1, 0.15) is 17.3 Å². The molecule has 0 aromatic heterocycles. The number of rotatable bonds is 3. The number of hydrogen-bond donors (Lipinski definition) is 1. The summed E-state index contributed by atoms with van der Waals surface area (Å²) in [5.41, 5.74) is 1.66. The fraction of sp³-hybridized carbons (Fsp3) is 0.364. The molecular formula is C11H16N2O. The molecule has 0 aliphatic rings. The molecule has 1 amide bonds. The highest BCUT2D eigenvalue weighted by atomic mass is 16.1. The number of nitrogens with one attached hydrogen (secondary N) is 1. The van der Waals surface area contributed by atoms with Gasteiger partial charge in [0.05, 0.1) is 5.56 Å². The fourth-order valence-corrected chi connectivity index (χ4v) is 1.31. The standard InChI is InChI=1S/C11H16N2O/c1-4-12-11(14)9-7-5-6-8-10(9)13(2)3/h5-8H,4H2,1-3H3,(H,12,14). The summed E-state index contributed by atoms with van der Waals surface area (Å²) in [5.74, 6) is -0.0169. The third kappa shape index (κ3) is 2.25. The van der Waals surface area contributed by atoms with Crippen LogP contribution in [0.5, 0.6) is 0 Å². The quantitative estimate of drug-likeness (QED) is 0.787. The monoisotopic (exact) mass is 192 g/mol. The van der Waals surface area contributed by atoms with Crippen molar-refractivity contribution in [1.82, 2.24) is 5.32 Å². The minimum Gasteiger partial charge on any atom is -0.377 e. The number of nitrogens with zero attached hydrogens (tertiary/aromatic N) is 1. The minimum absolute atomic E-state index is 0.0169. The number of carbonyl (C=O) groups is 1. The van der Waals surface area contributed by atoms with Gasteiger partial charge in [0.2, 0.25) is 0 Å². The topological polar surface area (TPSA) is 32.3 Å². The van der Waals surface area contributed by atoms with Crippen LogP contribution in [0.2, 0.25) is 0 Å². The summed E-state index contributed by atoms with van der Waals surface area (Å²) in [6, 6.07) is 7.57. The third-order valence-electron chi connectivity index (χ3n) is 1.97. The Morgan fingerprint density at radius 3 is 2.57 bits per heavy atom.